The molecule has 0 aliphatic heterocycles. The van der Waals surface area contributed by atoms with Gasteiger partial charge in [-0.15, -0.1) is 0 Å². The van der Waals surface area contributed by atoms with E-state index in [1.54, 1.807) is 6.07 Å². The lowest BCUT2D eigenvalue weighted by Gasteiger charge is -2.15. The number of carboxylic acid groups (broad SMARTS) is 1. The van der Waals surface area contributed by atoms with Crippen LogP contribution in [0.1, 0.15) is 16.7 Å². The number of benzene rings is 3. The minimum Gasteiger partial charge on any atom is -0.480 e. The Kier molecular flexibility index (Phi) is 6.68. The number of anilines is 1. The lowest BCUT2D eigenvalue weighted by molar-refractivity contribution is -0.137. The van der Waals surface area contributed by atoms with Crippen LogP contribution in [0.2, 0.25) is 0 Å². The topological polar surface area (TPSA) is 75.1 Å². The van der Waals surface area contributed by atoms with Gasteiger partial charge in [-0.25, -0.2) is 14.8 Å². The molecule has 0 aliphatic rings. The first kappa shape index (κ1) is 21.0. The Morgan fingerprint density at radius 2 is 1.47 bits per heavy atom. The number of aliphatic carboxylic acids is 1. The highest BCUT2D eigenvalue weighted by molar-refractivity contribution is 5.78. The summed E-state index contributed by atoms with van der Waals surface area (Å²) in [4.78, 5) is 20.3. The third kappa shape index (κ3) is 5.67. The molecule has 4 aromatic rings. The number of hydrogen-bond acceptors (Lipinski definition) is 4. The van der Waals surface area contributed by atoms with Crippen molar-refractivity contribution in [1.29, 1.82) is 0 Å². The van der Waals surface area contributed by atoms with Crippen LogP contribution in [0, 0.1) is 0 Å². The van der Waals surface area contributed by atoms with Crippen LogP contribution in [0.4, 0.5) is 5.82 Å². The fourth-order valence-electron chi connectivity index (χ4n) is 3.34. The van der Waals surface area contributed by atoms with Gasteiger partial charge in [0.2, 0.25) is 0 Å². The van der Waals surface area contributed by atoms with Crippen molar-refractivity contribution < 1.29 is 9.90 Å². The molecule has 1 aromatic heterocycles. The first-order valence-electron chi connectivity index (χ1n) is 10.4. The fourth-order valence-corrected chi connectivity index (χ4v) is 3.34. The number of carbonyl (C=O) groups is 1. The van der Waals surface area contributed by atoms with Gasteiger partial charge in [0, 0.05) is 18.1 Å². The summed E-state index contributed by atoms with van der Waals surface area (Å²) in [5.74, 6) is -0.449. The smallest absolute Gasteiger partial charge is 0.326 e. The van der Waals surface area contributed by atoms with E-state index in [9.17, 15) is 9.90 Å². The minimum atomic E-state index is -0.927. The highest BCUT2D eigenvalue weighted by Crippen LogP contribution is 2.21. The van der Waals surface area contributed by atoms with E-state index < -0.39 is 12.0 Å². The summed E-state index contributed by atoms with van der Waals surface area (Å²) in [5.41, 5.74) is 4.83. The van der Waals surface area contributed by atoms with Crippen molar-refractivity contribution in [3.05, 3.63) is 114 Å². The number of nitrogens with one attached hydrogen (secondary N) is 1. The van der Waals surface area contributed by atoms with Gasteiger partial charge in [-0.1, -0.05) is 97.1 Å². The molecule has 0 saturated carbocycles. The first-order valence-corrected chi connectivity index (χ1v) is 10.4. The maximum Gasteiger partial charge on any atom is 0.326 e. The van der Waals surface area contributed by atoms with Crippen molar-refractivity contribution in [1.82, 2.24) is 9.97 Å². The molecule has 1 atom stereocenters. The predicted octanol–water partition coefficient (Wildman–Crippen LogP) is 5.42. The third-order valence-corrected chi connectivity index (χ3v) is 5.04. The van der Waals surface area contributed by atoms with Gasteiger partial charge in [-0.3, -0.25) is 0 Å². The van der Waals surface area contributed by atoms with E-state index in [1.807, 2.05) is 72.8 Å². The Morgan fingerprint density at radius 3 is 2.12 bits per heavy atom. The maximum atomic E-state index is 11.8. The molecule has 1 heterocycles. The molecule has 0 bridgehead atoms. The van der Waals surface area contributed by atoms with Crippen molar-refractivity contribution in [3.8, 4) is 11.3 Å². The zero-order chi connectivity index (χ0) is 22.2. The van der Waals surface area contributed by atoms with Gasteiger partial charge in [0.05, 0.1) is 5.69 Å². The van der Waals surface area contributed by atoms with Crippen molar-refractivity contribution in [2.45, 2.75) is 12.5 Å². The molecule has 0 radical (unpaired) electrons. The number of nitrogens with zero attached hydrogens (tertiary/aromatic N) is 2. The van der Waals surface area contributed by atoms with Crippen LogP contribution in [0.5, 0.6) is 0 Å². The van der Waals surface area contributed by atoms with Crippen LogP contribution in [0.25, 0.3) is 23.4 Å². The van der Waals surface area contributed by atoms with Crippen LogP contribution in [0.15, 0.2) is 97.3 Å². The SMILES string of the molecule is O=C(O)[C@H](Cc1ccccc1)Nc1cc(-c2ccc(/C=C\c3ccccc3)cc2)ncn1. The molecule has 3 aromatic carbocycles. The molecular formula is C27H23N3O2. The van der Waals surface area contributed by atoms with Crippen molar-refractivity contribution in [2.24, 2.45) is 0 Å². The number of rotatable bonds is 8. The van der Waals surface area contributed by atoms with Crippen LogP contribution < -0.4 is 5.32 Å². The fraction of sp³-hybridized carbons (Fsp3) is 0.0741. The summed E-state index contributed by atoms with van der Waals surface area (Å²) in [6.07, 6.45) is 5.94. The molecule has 0 amide bonds. The van der Waals surface area contributed by atoms with Gasteiger partial charge in [0.25, 0.3) is 0 Å². The molecule has 0 saturated heterocycles. The predicted molar refractivity (Wildman–Crippen MR) is 128 cm³/mol. The molecule has 5 nitrogen and oxygen atoms in total. The van der Waals surface area contributed by atoms with E-state index in [4.69, 9.17) is 0 Å². The molecule has 0 fully saturated rings. The van der Waals surface area contributed by atoms with Crippen molar-refractivity contribution in [2.75, 3.05) is 5.32 Å². The second kappa shape index (κ2) is 10.2. The molecule has 0 unspecified atom stereocenters. The zero-order valence-electron chi connectivity index (χ0n) is 17.4. The second-order valence-electron chi connectivity index (χ2n) is 7.38. The second-order valence-corrected chi connectivity index (χ2v) is 7.38. The zero-order valence-corrected chi connectivity index (χ0v) is 17.4. The minimum absolute atomic E-state index is 0.359. The van der Waals surface area contributed by atoms with E-state index in [2.05, 4.69) is 39.6 Å². The van der Waals surface area contributed by atoms with Gasteiger partial charge in [-0.2, -0.15) is 0 Å². The molecular weight excluding hydrogens is 398 g/mol. The van der Waals surface area contributed by atoms with Crippen LogP contribution in [0.3, 0.4) is 0 Å². The standard InChI is InChI=1S/C27H23N3O2/c31-27(32)25(17-22-9-5-2-6-10-22)30-26-18-24(28-19-29-26)23-15-13-21(14-16-23)12-11-20-7-3-1-4-8-20/h1-16,18-19,25H,17H2,(H,31,32)(H,28,29,30)/b12-11-/t25-/m0/s1. The Hall–Kier alpha value is -4.25. The Morgan fingerprint density at radius 1 is 0.844 bits per heavy atom. The summed E-state index contributed by atoms with van der Waals surface area (Å²) >= 11 is 0. The molecule has 2 N–H and O–H groups in total. The summed E-state index contributed by atoms with van der Waals surface area (Å²) in [6.45, 7) is 0. The number of aromatic nitrogens is 2. The third-order valence-electron chi connectivity index (χ3n) is 5.04. The highest BCUT2D eigenvalue weighted by Gasteiger charge is 2.18. The highest BCUT2D eigenvalue weighted by atomic mass is 16.4. The molecule has 0 aliphatic carbocycles. The summed E-state index contributed by atoms with van der Waals surface area (Å²) in [5, 5.41) is 12.7. The average molecular weight is 422 g/mol. The lowest BCUT2D eigenvalue weighted by Crippen LogP contribution is -2.31. The summed E-state index contributed by atoms with van der Waals surface area (Å²) < 4.78 is 0. The maximum absolute atomic E-state index is 11.8. The first-order chi connectivity index (χ1) is 15.7. The van der Waals surface area contributed by atoms with Crippen LogP contribution >= 0.6 is 0 Å². The average Bonchev–Trinajstić information content (AvgIpc) is 2.84. The van der Waals surface area contributed by atoms with E-state index in [-0.39, 0.29) is 0 Å². The van der Waals surface area contributed by atoms with E-state index >= 15 is 0 Å². The largest absolute Gasteiger partial charge is 0.480 e. The van der Waals surface area contributed by atoms with Crippen molar-refractivity contribution >= 4 is 23.9 Å². The molecule has 5 heteroatoms. The summed E-state index contributed by atoms with van der Waals surface area (Å²) in [6, 6.07) is 28.7. The monoisotopic (exact) mass is 421 g/mol. The van der Waals surface area contributed by atoms with E-state index in [1.165, 1.54) is 6.33 Å². The van der Waals surface area contributed by atoms with Crippen LogP contribution in [-0.2, 0) is 11.2 Å². The lowest BCUT2D eigenvalue weighted by atomic mass is 10.1. The normalized spacial score (nSPS) is 11.9. The Labute approximate surface area is 187 Å². The molecule has 4 rings (SSSR count). The Balaban J connectivity index is 1.47. The van der Waals surface area contributed by atoms with Gasteiger partial charge in [-0.05, 0) is 16.7 Å². The van der Waals surface area contributed by atoms with Crippen LogP contribution in [-0.4, -0.2) is 27.1 Å². The van der Waals surface area contributed by atoms with E-state index in [0.29, 0.717) is 12.2 Å². The van der Waals surface area contributed by atoms with Gasteiger partial charge in [0.1, 0.15) is 18.2 Å². The quantitative estimate of drug-likeness (QED) is 0.372. The number of carboxylic acids is 1. The van der Waals surface area contributed by atoms with Gasteiger partial charge < -0.3 is 10.4 Å². The van der Waals surface area contributed by atoms with Gasteiger partial charge >= 0.3 is 5.97 Å². The van der Waals surface area contributed by atoms with Gasteiger partial charge in [0.15, 0.2) is 0 Å². The summed E-state index contributed by atoms with van der Waals surface area (Å²) in [7, 11) is 0. The molecule has 0 spiro atoms. The van der Waals surface area contributed by atoms with E-state index in [0.717, 1.165) is 27.9 Å². The Bertz CT molecular complexity index is 1190. The number of hydrogen-bond donors (Lipinski definition) is 2. The molecule has 158 valence electrons. The molecule has 32 heavy (non-hydrogen) atoms. The van der Waals surface area contributed by atoms with Crippen molar-refractivity contribution in [3.63, 3.8) is 0 Å².